The summed E-state index contributed by atoms with van der Waals surface area (Å²) in [5, 5.41) is 2.38. The van der Waals surface area contributed by atoms with Gasteiger partial charge in [-0.3, -0.25) is 4.84 Å². The van der Waals surface area contributed by atoms with E-state index >= 15 is 0 Å². The monoisotopic (exact) mass is 145 g/mol. The Morgan fingerprint density at radius 1 is 1.80 bits per heavy atom. The van der Waals surface area contributed by atoms with Crippen molar-refractivity contribution in [1.82, 2.24) is 10.5 Å². The van der Waals surface area contributed by atoms with Gasteiger partial charge in [0.1, 0.15) is 6.10 Å². The van der Waals surface area contributed by atoms with Crippen LogP contribution in [0.1, 0.15) is 6.42 Å². The van der Waals surface area contributed by atoms with Gasteiger partial charge in [-0.2, -0.15) is 0 Å². The first-order valence-electron chi connectivity index (χ1n) is 3.24. The predicted octanol–water partition coefficient (Wildman–Crippen LogP) is -0.107. The molecule has 0 aromatic rings. The van der Waals surface area contributed by atoms with E-state index in [9.17, 15) is 4.91 Å². The molecule has 1 saturated heterocycles. The number of nitrogens with one attached hydrogen (secondary N) is 1. The summed E-state index contributed by atoms with van der Waals surface area (Å²) in [6.07, 6.45) is 1.07. The predicted molar refractivity (Wildman–Crippen MR) is 35.9 cm³/mol. The largest absolute Gasteiger partial charge is 0.304 e. The van der Waals surface area contributed by atoms with Gasteiger partial charge in [0.05, 0.1) is 5.29 Å². The maximum absolute atomic E-state index is 9.54. The van der Waals surface area contributed by atoms with Crippen molar-refractivity contribution in [2.75, 3.05) is 20.1 Å². The van der Waals surface area contributed by atoms with Crippen LogP contribution in [0.5, 0.6) is 0 Å². The van der Waals surface area contributed by atoms with Crippen LogP contribution in [0.3, 0.4) is 0 Å². The van der Waals surface area contributed by atoms with E-state index in [1.807, 2.05) is 12.6 Å². The summed E-state index contributed by atoms with van der Waals surface area (Å²) >= 11 is 0. The van der Waals surface area contributed by atoms with Crippen molar-refractivity contribution in [1.29, 1.82) is 0 Å². The molecule has 1 unspecified atom stereocenters. The Balaban J connectivity index is 2.12. The standard InChI is InChI=1S/C5H11N3O2/c1-8-3-2-5(4-8)10-7-6-9/h5H,2-4H2,1H3,(H,7,9). The molecule has 0 amide bonds. The summed E-state index contributed by atoms with van der Waals surface area (Å²) in [5.41, 5.74) is 1.95. The van der Waals surface area contributed by atoms with Crippen LogP contribution < -0.4 is 5.59 Å². The second-order valence-electron chi connectivity index (χ2n) is 2.47. The Morgan fingerprint density at radius 3 is 3.10 bits per heavy atom. The van der Waals surface area contributed by atoms with Gasteiger partial charge in [-0.25, -0.2) is 0 Å². The molecule has 1 N–H and O–H groups in total. The maximum atomic E-state index is 9.54. The summed E-state index contributed by atoms with van der Waals surface area (Å²) in [4.78, 5) is 16.5. The summed E-state index contributed by atoms with van der Waals surface area (Å²) in [7, 11) is 2.01. The number of likely N-dealkylation sites (N-methyl/N-ethyl adjacent to an activating group) is 1. The molecule has 1 aliphatic heterocycles. The van der Waals surface area contributed by atoms with Crippen LogP contribution in [0.25, 0.3) is 0 Å². The number of nitrogens with zero attached hydrogens (tertiary/aromatic N) is 2. The van der Waals surface area contributed by atoms with E-state index in [0.29, 0.717) is 0 Å². The highest BCUT2D eigenvalue weighted by molar-refractivity contribution is 4.71. The SMILES string of the molecule is CN1CCC(ONN=O)C1. The van der Waals surface area contributed by atoms with E-state index in [0.717, 1.165) is 19.5 Å². The third kappa shape index (κ3) is 1.93. The second-order valence-corrected chi connectivity index (χ2v) is 2.47. The topological polar surface area (TPSA) is 53.9 Å². The Morgan fingerprint density at radius 2 is 2.60 bits per heavy atom. The molecule has 0 spiro atoms. The zero-order chi connectivity index (χ0) is 7.40. The first kappa shape index (κ1) is 7.43. The van der Waals surface area contributed by atoms with Gasteiger partial charge in [-0.15, -0.1) is 10.5 Å². The van der Waals surface area contributed by atoms with Gasteiger partial charge in [0.25, 0.3) is 0 Å². The minimum Gasteiger partial charge on any atom is -0.304 e. The molecule has 1 heterocycles. The van der Waals surface area contributed by atoms with Gasteiger partial charge in [-0.05, 0) is 13.5 Å². The van der Waals surface area contributed by atoms with E-state index in [2.05, 4.69) is 10.2 Å². The molecule has 1 fully saturated rings. The molecule has 0 radical (unpaired) electrons. The normalized spacial score (nSPS) is 26.7. The molecule has 0 bridgehead atoms. The van der Waals surface area contributed by atoms with E-state index in [4.69, 9.17) is 4.84 Å². The lowest BCUT2D eigenvalue weighted by Crippen LogP contribution is -2.23. The van der Waals surface area contributed by atoms with E-state index in [-0.39, 0.29) is 6.10 Å². The fourth-order valence-corrected chi connectivity index (χ4v) is 1.09. The van der Waals surface area contributed by atoms with Crippen LogP contribution in [0.4, 0.5) is 0 Å². The van der Waals surface area contributed by atoms with Crippen molar-refractivity contribution in [2.24, 2.45) is 5.29 Å². The van der Waals surface area contributed by atoms with Gasteiger partial charge in [-0.1, -0.05) is 0 Å². The van der Waals surface area contributed by atoms with Crippen molar-refractivity contribution in [3.05, 3.63) is 4.91 Å². The summed E-state index contributed by atoms with van der Waals surface area (Å²) in [6.45, 7) is 1.88. The highest BCUT2D eigenvalue weighted by Crippen LogP contribution is 2.08. The zero-order valence-corrected chi connectivity index (χ0v) is 5.91. The smallest absolute Gasteiger partial charge is 0.101 e. The minimum absolute atomic E-state index is 0.114. The van der Waals surface area contributed by atoms with Crippen molar-refractivity contribution in [3.63, 3.8) is 0 Å². The number of nitroso groups, excluding NO2 is 1. The third-order valence-electron chi connectivity index (χ3n) is 1.60. The van der Waals surface area contributed by atoms with Crippen molar-refractivity contribution >= 4 is 0 Å². The fraction of sp³-hybridized carbons (Fsp3) is 1.00. The number of hydrogen-bond donors (Lipinski definition) is 1. The van der Waals surface area contributed by atoms with Gasteiger partial charge in [0.2, 0.25) is 0 Å². The first-order chi connectivity index (χ1) is 4.83. The summed E-state index contributed by atoms with van der Waals surface area (Å²) < 4.78 is 0. The lowest BCUT2D eigenvalue weighted by Gasteiger charge is -2.07. The van der Waals surface area contributed by atoms with Crippen molar-refractivity contribution < 1.29 is 4.84 Å². The molecule has 10 heavy (non-hydrogen) atoms. The average molecular weight is 145 g/mol. The number of likely N-dealkylation sites (tertiary alicyclic amines) is 1. The molecule has 0 aromatic heterocycles. The summed E-state index contributed by atoms with van der Waals surface area (Å²) in [5.74, 6) is 0. The molecule has 1 rings (SSSR count). The Bertz CT molecular complexity index is 119. The lowest BCUT2D eigenvalue weighted by atomic mass is 10.3. The van der Waals surface area contributed by atoms with Crippen LogP contribution in [0.2, 0.25) is 0 Å². The highest BCUT2D eigenvalue weighted by Gasteiger charge is 2.19. The molecular weight excluding hydrogens is 134 g/mol. The summed E-state index contributed by atoms with van der Waals surface area (Å²) in [6, 6.07) is 0. The van der Waals surface area contributed by atoms with Crippen LogP contribution in [-0.4, -0.2) is 31.1 Å². The molecule has 5 nitrogen and oxygen atoms in total. The molecular formula is C5H11N3O2. The van der Waals surface area contributed by atoms with Crippen LogP contribution in [0.15, 0.2) is 5.29 Å². The van der Waals surface area contributed by atoms with Gasteiger partial charge < -0.3 is 4.90 Å². The maximum Gasteiger partial charge on any atom is 0.101 e. The third-order valence-corrected chi connectivity index (χ3v) is 1.60. The first-order valence-corrected chi connectivity index (χ1v) is 3.24. The number of hydrogen-bond acceptors (Lipinski definition) is 4. The van der Waals surface area contributed by atoms with Gasteiger partial charge in [0, 0.05) is 13.1 Å². The highest BCUT2D eigenvalue weighted by atomic mass is 16.7. The van der Waals surface area contributed by atoms with Crippen LogP contribution in [-0.2, 0) is 4.84 Å². The van der Waals surface area contributed by atoms with Gasteiger partial charge in [0.15, 0.2) is 0 Å². The molecule has 5 heteroatoms. The number of rotatable bonds is 3. The Kier molecular flexibility index (Phi) is 2.58. The minimum atomic E-state index is 0.114. The van der Waals surface area contributed by atoms with Crippen molar-refractivity contribution in [3.8, 4) is 0 Å². The van der Waals surface area contributed by atoms with E-state index in [1.54, 1.807) is 0 Å². The molecule has 0 aliphatic carbocycles. The zero-order valence-electron chi connectivity index (χ0n) is 5.91. The Hall–Kier alpha value is -0.680. The molecule has 0 saturated carbocycles. The lowest BCUT2D eigenvalue weighted by molar-refractivity contribution is -0.0175. The van der Waals surface area contributed by atoms with Crippen molar-refractivity contribution in [2.45, 2.75) is 12.5 Å². The molecule has 1 aliphatic rings. The second kappa shape index (κ2) is 3.48. The van der Waals surface area contributed by atoms with E-state index < -0.39 is 0 Å². The fourth-order valence-electron chi connectivity index (χ4n) is 1.09. The quantitative estimate of drug-likeness (QED) is 0.445. The molecule has 58 valence electrons. The van der Waals surface area contributed by atoms with E-state index in [1.165, 1.54) is 0 Å². The van der Waals surface area contributed by atoms with Crippen LogP contribution in [0, 0.1) is 4.91 Å². The van der Waals surface area contributed by atoms with Crippen LogP contribution >= 0.6 is 0 Å². The molecule has 0 aromatic carbocycles. The molecule has 1 atom stereocenters. The van der Waals surface area contributed by atoms with Gasteiger partial charge >= 0.3 is 0 Å². The average Bonchev–Trinajstić information content (AvgIpc) is 2.31. The Labute approximate surface area is 59.2 Å².